The molecule has 0 aromatic rings. The lowest BCUT2D eigenvalue weighted by atomic mass is 9.88. The van der Waals surface area contributed by atoms with E-state index in [-0.39, 0.29) is 0 Å². The maximum absolute atomic E-state index is 3.74. The summed E-state index contributed by atoms with van der Waals surface area (Å²) >= 11 is 2.07. The molecule has 2 fully saturated rings. The van der Waals surface area contributed by atoms with E-state index < -0.39 is 0 Å². The molecule has 3 heteroatoms. The fourth-order valence-electron chi connectivity index (χ4n) is 3.46. The molecule has 0 aromatic carbocycles. The molecule has 2 rings (SSSR count). The summed E-state index contributed by atoms with van der Waals surface area (Å²) in [5.41, 5.74) is 0.336. The molecule has 1 saturated heterocycles. The molecule has 1 aliphatic carbocycles. The number of thioether (sulfide) groups is 1. The highest BCUT2D eigenvalue weighted by atomic mass is 32.2. The third-order valence-corrected chi connectivity index (χ3v) is 6.29. The molecule has 0 spiro atoms. The predicted octanol–water partition coefficient (Wildman–Crippen LogP) is 3.12. The van der Waals surface area contributed by atoms with Crippen LogP contribution in [-0.4, -0.2) is 47.1 Å². The molecule has 106 valence electrons. The summed E-state index contributed by atoms with van der Waals surface area (Å²) in [5.74, 6) is 0. The number of nitrogens with zero attached hydrogens (tertiary/aromatic N) is 1. The van der Waals surface area contributed by atoms with Gasteiger partial charge in [0.15, 0.2) is 0 Å². The van der Waals surface area contributed by atoms with E-state index in [9.17, 15) is 0 Å². The molecule has 2 atom stereocenters. The van der Waals surface area contributed by atoms with E-state index in [1.54, 1.807) is 0 Å². The Hall–Kier alpha value is 0.270. The van der Waals surface area contributed by atoms with Crippen molar-refractivity contribution in [3.63, 3.8) is 0 Å². The molecule has 1 heterocycles. The molecular weight excluding hydrogens is 240 g/mol. The summed E-state index contributed by atoms with van der Waals surface area (Å²) in [5, 5.41) is 4.67. The van der Waals surface area contributed by atoms with Gasteiger partial charge in [-0.15, -0.1) is 0 Å². The highest BCUT2D eigenvalue weighted by Gasteiger charge is 2.37. The average molecular weight is 270 g/mol. The Morgan fingerprint density at radius 1 is 1.28 bits per heavy atom. The molecule has 2 nitrogen and oxygen atoms in total. The SMILES string of the molecule is CCC1(C)CN(C2CCC(SC)CC2)C(C)CN1. The van der Waals surface area contributed by atoms with Gasteiger partial charge in [0.1, 0.15) is 0 Å². The molecule has 2 aliphatic rings. The summed E-state index contributed by atoms with van der Waals surface area (Å²) in [7, 11) is 0. The third-order valence-electron chi connectivity index (χ3n) is 5.15. The van der Waals surface area contributed by atoms with Crippen LogP contribution in [0.25, 0.3) is 0 Å². The van der Waals surface area contributed by atoms with Crippen LogP contribution in [0.15, 0.2) is 0 Å². The lowest BCUT2D eigenvalue weighted by Gasteiger charge is -2.49. The van der Waals surface area contributed by atoms with Crippen molar-refractivity contribution in [1.82, 2.24) is 10.2 Å². The Balaban J connectivity index is 1.94. The van der Waals surface area contributed by atoms with Crippen molar-refractivity contribution >= 4 is 11.8 Å². The minimum atomic E-state index is 0.336. The molecule has 1 saturated carbocycles. The average Bonchev–Trinajstić information content (AvgIpc) is 2.42. The second-order valence-corrected chi connectivity index (χ2v) is 7.62. The molecule has 0 aromatic heterocycles. The van der Waals surface area contributed by atoms with Crippen LogP contribution in [0.2, 0.25) is 0 Å². The zero-order chi connectivity index (χ0) is 13.2. The van der Waals surface area contributed by atoms with Gasteiger partial charge in [0.05, 0.1) is 0 Å². The van der Waals surface area contributed by atoms with Gasteiger partial charge in [-0.3, -0.25) is 4.90 Å². The Morgan fingerprint density at radius 3 is 2.50 bits per heavy atom. The van der Waals surface area contributed by atoms with Crippen LogP contribution in [-0.2, 0) is 0 Å². The number of nitrogens with one attached hydrogen (secondary N) is 1. The van der Waals surface area contributed by atoms with E-state index in [0.717, 1.165) is 17.8 Å². The molecule has 0 amide bonds. The molecule has 2 unspecified atom stereocenters. The molecule has 1 aliphatic heterocycles. The molecule has 18 heavy (non-hydrogen) atoms. The number of hydrogen-bond donors (Lipinski definition) is 1. The smallest absolute Gasteiger partial charge is 0.0278 e. The van der Waals surface area contributed by atoms with Gasteiger partial charge >= 0.3 is 0 Å². The van der Waals surface area contributed by atoms with Gasteiger partial charge in [-0.05, 0) is 52.2 Å². The van der Waals surface area contributed by atoms with Gasteiger partial charge in [0.25, 0.3) is 0 Å². The Bertz CT molecular complexity index is 263. The fraction of sp³-hybridized carbons (Fsp3) is 1.00. The first-order chi connectivity index (χ1) is 8.58. The summed E-state index contributed by atoms with van der Waals surface area (Å²) in [6.45, 7) is 9.49. The van der Waals surface area contributed by atoms with Crippen molar-refractivity contribution in [3.8, 4) is 0 Å². The third kappa shape index (κ3) is 3.23. The minimum Gasteiger partial charge on any atom is -0.309 e. The quantitative estimate of drug-likeness (QED) is 0.848. The van der Waals surface area contributed by atoms with E-state index in [0.29, 0.717) is 11.6 Å². The van der Waals surface area contributed by atoms with Gasteiger partial charge in [-0.1, -0.05) is 6.92 Å². The second kappa shape index (κ2) is 6.15. The first kappa shape index (κ1) is 14.7. The first-order valence-corrected chi connectivity index (χ1v) is 8.90. The normalized spacial score (nSPS) is 43.0. The molecule has 0 radical (unpaired) electrons. The summed E-state index contributed by atoms with van der Waals surface area (Å²) in [6, 6.07) is 1.55. The van der Waals surface area contributed by atoms with Crippen LogP contribution in [0.3, 0.4) is 0 Å². The van der Waals surface area contributed by atoms with Crippen LogP contribution in [0.5, 0.6) is 0 Å². The number of piperazine rings is 1. The first-order valence-electron chi connectivity index (χ1n) is 7.61. The minimum absolute atomic E-state index is 0.336. The second-order valence-electron chi connectivity index (χ2n) is 6.48. The summed E-state index contributed by atoms with van der Waals surface area (Å²) in [4.78, 5) is 2.80. The highest BCUT2D eigenvalue weighted by molar-refractivity contribution is 7.99. The van der Waals surface area contributed by atoms with Crippen molar-refractivity contribution in [2.75, 3.05) is 19.3 Å². The van der Waals surface area contributed by atoms with E-state index >= 15 is 0 Å². The lowest BCUT2D eigenvalue weighted by Crippen LogP contribution is -2.64. The van der Waals surface area contributed by atoms with Gasteiger partial charge in [0, 0.05) is 36.0 Å². The Labute approximate surface area is 117 Å². The zero-order valence-corrected chi connectivity index (χ0v) is 13.4. The van der Waals surface area contributed by atoms with Crippen LogP contribution < -0.4 is 5.32 Å². The van der Waals surface area contributed by atoms with Gasteiger partial charge in [-0.2, -0.15) is 11.8 Å². The van der Waals surface area contributed by atoms with Crippen molar-refractivity contribution in [2.45, 2.75) is 75.7 Å². The van der Waals surface area contributed by atoms with Gasteiger partial charge in [-0.25, -0.2) is 0 Å². The highest BCUT2D eigenvalue weighted by Crippen LogP contribution is 2.32. The van der Waals surface area contributed by atoms with Crippen molar-refractivity contribution in [3.05, 3.63) is 0 Å². The van der Waals surface area contributed by atoms with Crippen LogP contribution >= 0.6 is 11.8 Å². The predicted molar refractivity (Wildman–Crippen MR) is 82.4 cm³/mol. The van der Waals surface area contributed by atoms with Gasteiger partial charge < -0.3 is 5.32 Å². The van der Waals surface area contributed by atoms with E-state index in [1.807, 2.05) is 0 Å². The van der Waals surface area contributed by atoms with Crippen molar-refractivity contribution in [2.24, 2.45) is 0 Å². The largest absolute Gasteiger partial charge is 0.309 e. The van der Waals surface area contributed by atoms with Crippen LogP contribution in [0.4, 0.5) is 0 Å². The Kier molecular flexibility index (Phi) is 5.01. The molecule has 0 bridgehead atoms. The Morgan fingerprint density at radius 2 is 1.94 bits per heavy atom. The number of rotatable bonds is 3. The van der Waals surface area contributed by atoms with E-state index in [1.165, 1.54) is 38.6 Å². The van der Waals surface area contributed by atoms with Gasteiger partial charge in [0.2, 0.25) is 0 Å². The van der Waals surface area contributed by atoms with Crippen molar-refractivity contribution < 1.29 is 0 Å². The fourth-order valence-corrected chi connectivity index (χ4v) is 4.21. The van der Waals surface area contributed by atoms with E-state index in [2.05, 4.69) is 49.0 Å². The molecule has 1 N–H and O–H groups in total. The van der Waals surface area contributed by atoms with Crippen molar-refractivity contribution in [1.29, 1.82) is 0 Å². The lowest BCUT2D eigenvalue weighted by molar-refractivity contribution is 0.0391. The maximum atomic E-state index is 3.74. The topological polar surface area (TPSA) is 15.3 Å². The zero-order valence-electron chi connectivity index (χ0n) is 12.5. The maximum Gasteiger partial charge on any atom is 0.0278 e. The van der Waals surface area contributed by atoms with Crippen LogP contribution in [0, 0.1) is 0 Å². The van der Waals surface area contributed by atoms with E-state index in [4.69, 9.17) is 0 Å². The standard InChI is InChI=1S/C15H30N2S/c1-5-15(3)11-17(12(2)10-16-15)13-6-8-14(18-4)9-7-13/h12-14,16H,5-11H2,1-4H3. The molecular formula is C15H30N2S. The van der Waals surface area contributed by atoms with Crippen LogP contribution in [0.1, 0.15) is 52.9 Å². The summed E-state index contributed by atoms with van der Waals surface area (Å²) in [6.07, 6.45) is 9.17. The number of hydrogen-bond acceptors (Lipinski definition) is 3. The monoisotopic (exact) mass is 270 g/mol. The summed E-state index contributed by atoms with van der Waals surface area (Å²) < 4.78 is 0.